The first-order valence-corrected chi connectivity index (χ1v) is 13.8. The molecule has 0 fully saturated rings. The lowest BCUT2D eigenvalue weighted by Crippen LogP contribution is -2.38. The van der Waals surface area contributed by atoms with Crippen molar-refractivity contribution in [1.82, 2.24) is 4.90 Å². The first kappa shape index (κ1) is 26.2. The molecule has 2 aromatic carbocycles. The van der Waals surface area contributed by atoms with E-state index in [4.69, 9.17) is 32.2 Å². The zero-order valence-electron chi connectivity index (χ0n) is 19.1. The maximum absolute atomic E-state index is 13.4. The summed E-state index contributed by atoms with van der Waals surface area (Å²) >= 11 is 13.7. The van der Waals surface area contributed by atoms with E-state index >= 15 is 0 Å². The molecule has 0 saturated heterocycles. The predicted octanol–water partition coefficient (Wildman–Crippen LogP) is 6.77. The van der Waals surface area contributed by atoms with E-state index in [1.165, 1.54) is 11.9 Å². The smallest absolute Gasteiger partial charge is 0.330 e. The Balaban J connectivity index is 1.97. The fraction of sp³-hybridized carbons (Fsp3) is 0.409. The van der Waals surface area contributed by atoms with E-state index in [1.54, 1.807) is 55.9 Å². The van der Waals surface area contributed by atoms with E-state index in [-0.39, 0.29) is 25.5 Å². The Bertz CT molecular complexity index is 1030. The summed E-state index contributed by atoms with van der Waals surface area (Å²) in [4.78, 5) is 16.6. The molecule has 0 N–H and O–H groups in total. The van der Waals surface area contributed by atoms with Crippen molar-refractivity contribution < 1.29 is 18.4 Å². The summed E-state index contributed by atoms with van der Waals surface area (Å²) in [5.74, 6) is 0. The van der Waals surface area contributed by atoms with Crippen molar-refractivity contribution in [3.8, 4) is 0 Å². The largest absolute Gasteiger partial charge is 0.350 e. The van der Waals surface area contributed by atoms with Crippen LogP contribution >= 0.6 is 42.7 Å². The van der Waals surface area contributed by atoms with Gasteiger partial charge in [0.2, 0.25) is 0 Å². The number of fused-ring (bicyclic) bond motifs is 1. The van der Waals surface area contributed by atoms with Gasteiger partial charge in [-0.2, -0.15) is 0 Å². The van der Waals surface area contributed by atoms with Gasteiger partial charge in [-0.25, -0.2) is 4.79 Å². The summed E-state index contributed by atoms with van der Waals surface area (Å²) in [5, 5.41) is 1.02. The van der Waals surface area contributed by atoms with Crippen LogP contribution in [0.4, 0.5) is 16.2 Å². The van der Waals surface area contributed by atoms with E-state index in [1.807, 2.05) is 22.5 Å². The van der Waals surface area contributed by atoms with E-state index in [9.17, 15) is 9.36 Å². The maximum atomic E-state index is 13.4. The molecule has 3 rings (SSSR count). The molecule has 33 heavy (non-hydrogen) atoms. The van der Waals surface area contributed by atoms with E-state index < -0.39 is 7.60 Å². The van der Waals surface area contributed by atoms with Gasteiger partial charge in [-0.3, -0.25) is 13.8 Å². The summed E-state index contributed by atoms with van der Waals surface area (Å²) < 4.78 is 26.3. The molecular formula is C22H28Cl2N3O4PS. The van der Waals surface area contributed by atoms with Crippen molar-refractivity contribution in [2.24, 2.45) is 0 Å². The number of anilines is 2. The Kier molecular flexibility index (Phi) is 9.01. The molecule has 1 heterocycles. The highest BCUT2D eigenvalue weighted by molar-refractivity contribution is 8.01. The van der Waals surface area contributed by atoms with Crippen LogP contribution in [0.3, 0.4) is 0 Å². The van der Waals surface area contributed by atoms with Crippen molar-refractivity contribution in [1.29, 1.82) is 0 Å². The van der Waals surface area contributed by atoms with E-state index in [2.05, 4.69) is 0 Å². The van der Waals surface area contributed by atoms with Gasteiger partial charge < -0.3 is 13.9 Å². The Morgan fingerprint density at radius 2 is 1.73 bits per heavy atom. The van der Waals surface area contributed by atoms with Gasteiger partial charge in [0.25, 0.3) is 0 Å². The first-order chi connectivity index (χ1) is 15.7. The molecule has 11 heteroatoms. The number of hydrogen-bond donors (Lipinski definition) is 0. The van der Waals surface area contributed by atoms with Crippen LogP contribution < -0.4 is 9.21 Å². The third-order valence-electron chi connectivity index (χ3n) is 4.86. The second-order valence-corrected chi connectivity index (χ2v) is 11.5. The molecule has 0 spiro atoms. The van der Waals surface area contributed by atoms with Crippen molar-refractivity contribution in [2.45, 2.75) is 25.2 Å². The van der Waals surface area contributed by atoms with Gasteiger partial charge in [0, 0.05) is 47.0 Å². The number of amides is 2. The number of urea groups is 1. The lowest BCUT2D eigenvalue weighted by molar-refractivity contribution is 0.221. The van der Waals surface area contributed by atoms with Crippen molar-refractivity contribution in [3.63, 3.8) is 0 Å². The predicted molar refractivity (Wildman–Crippen MR) is 137 cm³/mol. The van der Waals surface area contributed by atoms with Gasteiger partial charge in [-0.05, 0) is 74.2 Å². The number of benzene rings is 2. The van der Waals surface area contributed by atoms with Gasteiger partial charge >= 0.3 is 13.6 Å². The van der Waals surface area contributed by atoms with Gasteiger partial charge in [-0.15, -0.1) is 0 Å². The third kappa shape index (κ3) is 6.59. The molecule has 2 aromatic rings. The summed E-state index contributed by atoms with van der Waals surface area (Å²) in [6.07, 6.45) is 0.765. The van der Waals surface area contributed by atoms with Gasteiger partial charge in [0.15, 0.2) is 0 Å². The molecule has 2 amide bonds. The zero-order chi connectivity index (χ0) is 24.2. The second-order valence-electron chi connectivity index (χ2n) is 7.55. The molecule has 0 bridgehead atoms. The van der Waals surface area contributed by atoms with Crippen molar-refractivity contribution in [3.05, 3.63) is 52.0 Å². The third-order valence-corrected chi connectivity index (χ3v) is 8.43. The van der Waals surface area contributed by atoms with Gasteiger partial charge in [0.1, 0.15) is 6.29 Å². The number of nitrogens with zero attached hydrogens (tertiary/aromatic N) is 3. The Hall–Kier alpha value is -1.41. The highest BCUT2D eigenvalue weighted by Crippen LogP contribution is 2.51. The fourth-order valence-electron chi connectivity index (χ4n) is 3.52. The Labute approximate surface area is 209 Å². The van der Waals surface area contributed by atoms with Crippen LogP contribution in [-0.2, 0) is 20.0 Å². The number of rotatable bonds is 9. The van der Waals surface area contributed by atoms with Crippen LogP contribution in [0.25, 0.3) is 0 Å². The molecule has 0 atom stereocenters. The molecule has 0 aliphatic carbocycles. The molecule has 180 valence electrons. The summed E-state index contributed by atoms with van der Waals surface area (Å²) in [7, 11) is 0.0822. The van der Waals surface area contributed by atoms with Crippen molar-refractivity contribution in [2.75, 3.05) is 49.3 Å². The van der Waals surface area contributed by atoms with E-state index in [0.29, 0.717) is 16.6 Å². The minimum Gasteiger partial charge on any atom is -0.330 e. The second kappa shape index (κ2) is 11.3. The summed E-state index contributed by atoms with van der Waals surface area (Å²) in [6.45, 7) is 4.72. The summed E-state index contributed by atoms with van der Waals surface area (Å²) in [5.41, 5.74) is 2.74. The quantitative estimate of drug-likeness (QED) is 0.262. The Morgan fingerprint density at radius 3 is 2.30 bits per heavy atom. The monoisotopic (exact) mass is 531 g/mol. The normalized spacial score (nSPS) is 13.2. The topological polar surface area (TPSA) is 62.3 Å². The van der Waals surface area contributed by atoms with Crippen LogP contribution in [0, 0.1) is 0 Å². The van der Waals surface area contributed by atoms with Crippen LogP contribution in [0.5, 0.6) is 0 Å². The molecule has 0 unspecified atom stereocenters. The fourth-order valence-corrected chi connectivity index (χ4v) is 7.17. The first-order valence-electron chi connectivity index (χ1n) is 10.6. The van der Waals surface area contributed by atoms with Crippen LogP contribution in [0.2, 0.25) is 10.0 Å². The molecular weight excluding hydrogens is 504 g/mol. The van der Waals surface area contributed by atoms with Gasteiger partial charge in [0.05, 0.1) is 13.2 Å². The molecule has 7 nitrogen and oxygen atoms in total. The zero-order valence-corrected chi connectivity index (χ0v) is 22.3. The lowest BCUT2D eigenvalue weighted by atomic mass is 10.1. The highest BCUT2D eigenvalue weighted by Gasteiger charge is 2.31. The highest BCUT2D eigenvalue weighted by atomic mass is 35.5. The minimum atomic E-state index is -3.39. The average molecular weight is 532 g/mol. The van der Waals surface area contributed by atoms with Crippen LogP contribution in [-0.4, -0.2) is 51.1 Å². The average Bonchev–Trinajstić information content (AvgIpc) is 3.15. The van der Waals surface area contributed by atoms with Gasteiger partial charge in [-0.1, -0.05) is 23.2 Å². The van der Waals surface area contributed by atoms with Crippen LogP contribution in [0.15, 0.2) is 41.3 Å². The number of halogens is 2. The number of carbonyl (C=O) groups excluding carboxylic acids is 1. The molecule has 0 saturated carbocycles. The SMILES string of the molecule is CCOP(=O)(CN(Sc1cc(Cl)cc(Cl)c1)c1ccc2c(c1)CCN2C(=O)N(C)C)OCC. The van der Waals surface area contributed by atoms with Crippen molar-refractivity contribution >= 4 is 60.2 Å². The molecule has 1 aliphatic rings. The number of carbonyl (C=O) groups is 1. The summed E-state index contributed by atoms with van der Waals surface area (Å²) in [6, 6.07) is 11.0. The molecule has 1 aliphatic heterocycles. The maximum Gasteiger partial charge on any atom is 0.350 e. The Morgan fingerprint density at radius 1 is 1.09 bits per heavy atom. The molecule has 0 aromatic heterocycles. The minimum absolute atomic E-state index is 0.0304. The standard InChI is InChI=1S/C22H28Cl2N3O4PS/c1-5-30-32(29,31-6-2)15-27(33-20-13-17(23)12-18(24)14-20)19-7-8-21-16(11-19)9-10-26(21)22(28)25(3)4/h7-8,11-14H,5-6,9-10,15H2,1-4H3. The molecule has 0 radical (unpaired) electrons. The van der Waals surface area contributed by atoms with Crippen LogP contribution in [0.1, 0.15) is 19.4 Å². The van der Waals surface area contributed by atoms with E-state index in [0.717, 1.165) is 28.3 Å². The lowest BCUT2D eigenvalue weighted by Gasteiger charge is -2.28. The number of hydrogen-bond acceptors (Lipinski definition) is 6.